The molecule has 2 aromatic rings. The van der Waals surface area contributed by atoms with E-state index < -0.39 is 17.6 Å². The summed E-state index contributed by atoms with van der Waals surface area (Å²) in [7, 11) is 1.61. The van der Waals surface area contributed by atoms with Crippen molar-refractivity contribution < 1.29 is 23.9 Å². The summed E-state index contributed by atoms with van der Waals surface area (Å²) in [6.07, 6.45) is 0.759. The van der Waals surface area contributed by atoms with Gasteiger partial charge in [-0.3, -0.25) is 14.4 Å². The van der Waals surface area contributed by atoms with Crippen LogP contribution in [0.1, 0.15) is 74.8 Å². The SMILES string of the molecule is CC[C@@]1(OC)C[C@H]2OC(=O)[C@@H]1c1cc3c(cc12)C(=O)c1ccccc1C3=O. The zero-order valence-electron chi connectivity index (χ0n) is 15.1. The maximum atomic E-state index is 13.0. The number of benzene rings is 2. The second kappa shape index (κ2) is 5.36. The van der Waals surface area contributed by atoms with Gasteiger partial charge in [-0.15, -0.1) is 0 Å². The molecule has 0 N–H and O–H groups in total. The van der Waals surface area contributed by atoms with Gasteiger partial charge >= 0.3 is 5.97 Å². The number of hydrogen-bond acceptors (Lipinski definition) is 5. The highest BCUT2D eigenvalue weighted by atomic mass is 16.6. The second-order valence-electron chi connectivity index (χ2n) is 7.42. The van der Waals surface area contributed by atoms with Gasteiger partial charge in [-0.05, 0) is 29.7 Å². The standard InChI is InChI=1S/C22H18O5/c1-3-22(26-2)10-17-13-8-15-16(9-14(13)18(22)21(25)27-17)20(24)12-7-5-4-6-11(12)19(15)23/h4-9,17-18H,3,10H2,1-2H3/t17-,18+,22-/m1/s1. The van der Waals surface area contributed by atoms with Crippen molar-refractivity contribution in [3.05, 3.63) is 69.8 Å². The lowest BCUT2D eigenvalue weighted by Crippen LogP contribution is -2.52. The lowest BCUT2D eigenvalue weighted by atomic mass is 9.65. The van der Waals surface area contributed by atoms with E-state index in [-0.39, 0.29) is 17.5 Å². The van der Waals surface area contributed by atoms with E-state index in [4.69, 9.17) is 9.47 Å². The summed E-state index contributed by atoms with van der Waals surface area (Å²) in [5.41, 5.74) is 2.52. The number of methoxy groups -OCH3 is 1. The highest BCUT2D eigenvalue weighted by molar-refractivity contribution is 6.28. The van der Waals surface area contributed by atoms with Crippen molar-refractivity contribution in [2.45, 2.75) is 37.4 Å². The van der Waals surface area contributed by atoms with Gasteiger partial charge < -0.3 is 9.47 Å². The number of hydrogen-bond donors (Lipinski definition) is 0. The predicted molar refractivity (Wildman–Crippen MR) is 96.0 cm³/mol. The molecule has 2 aromatic carbocycles. The topological polar surface area (TPSA) is 69.7 Å². The minimum atomic E-state index is -0.638. The van der Waals surface area contributed by atoms with Crippen molar-refractivity contribution in [2.24, 2.45) is 0 Å². The van der Waals surface area contributed by atoms with Gasteiger partial charge in [0.2, 0.25) is 0 Å². The molecule has 0 saturated carbocycles. The third-order valence-electron chi connectivity index (χ3n) is 6.34. The molecule has 1 fully saturated rings. The van der Waals surface area contributed by atoms with E-state index in [0.29, 0.717) is 35.1 Å². The van der Waals surface area contributed by atoms with Crippen LogP contribution in [-0.4, -0.2) is 30.2 Å². The highest BCUT2D eigenvalue weighted by Gasteiger charge is 2.56. The van der Waals surface area contributed by atoms with Crippen molar-refractivity contribution in [3.63, 3.8) is 0 Å². The van der Waals surface area contributed by atoms with Crippen LogP contribution in [0.15, 0.2) is 36.4 Å². The fraction of sp³-hybridized carbons (Fsp3) is 0.318. The molecule has 2 aliphatic heterocycles. The number of carbonyl (C=O) groups is 3. The molecule has 27 heavy (non-hydrogen) atoms. The van der Waals surface area contributed by atoms with Crippen LogP contribution >= 0.6 is 0 Å². The van der Waals surface area contributed by atoms with Gasteiger partial charge in [0.25, 0.3) is 0 Å². The summed E-state index contributed by atoms with van der Waals surface area (Å²) in [6.45, 7) is 1.99. The van der Waals surface area contributed by atoms with E-state index >= 15 is 0 Å². The van der Waals surface area contributed by atoms with Crippen molar-refractivity contribution in [1.29, 1.82) is 0 Å². The molecule has 0 aromatic heterocycles. The van der Waals surface area contributed by atoms with E-state index in [1.807, 2.05) is 6.92 Å². The van der Waals surface area contributed by atoms with Crippen LogP contribution < -0.4 is 0 Å². The second-order valence-corrected chi connectivity index (χ2v) is 7.42. The van der Waals surface area contributed by atoms with E-state index in [1.165, 1.54) is 0 Å². The Morgan fingerprint density at radius 2 is 1.59 bits per heavy atom. The Kier molecular flexibility index (Phi) is 3.25. The summed E-state index contributed by atoms with van der Waals surface area (Å²) in [6, 6.07) is 10.3. The van der Waals surface area contributed by atoms with E-state index in [1.54, 1.807) is 43.5 Å². The molecular weight excluding hydrogens is 344 g/mol. The molecule has 6 rings (SSSR count). The lowest BCUT2D eigenvalue weighted by Gasteiger charge is -2.49. The zero-order chi connectivity index (χ0) is 18.9. The summed E-state index contributed by atoms with van der Waals surface area (Å²) in [5.74, 6) is -1.25. The average molecular weight is 362 g/mol. The van der Waals surface area contributed by atoms with Crippen LogP contribution in [0.5, 0.6) is 0 Å². The number of fused-ring (bicyclic) bond motifs is 4. The largest absolute Gasteiger partial charge is 0.457 e. The van der Waals surface area contributed by atoms with Gasteiger partial charge in [-0.25, -0.2) is 0 Å². The first-order valence-electron chi connectivity index (χ1n) is 9.12. The third kappa shape index (κ3) is 1.95. The monoisotopic (exact) mass is 362 g/mol. The van der Waals surface area contributed by atoms with E-state index in [0.717, 1.165) is 11.1 Å². The first-order chi connectivity index (χ1) is 13.0. The van der Waals surface area contributed by atoms with Crippen molar-refractivity contribution >= 4 is 17.5 Å². The Bertz CT molecular complexity index is 1030. The van der Waals surface area contributed by atoms with E-state index in [9.17, 15) is 14.4 Å². The molecule has 3 atom stereocenters. The molecule has 0 amide bonds. The Labute approximate surface area is 156 Å². The van der Waals surface area contributed by atoms with Gasteiger partial charge in [0.15, 0.2) is 11.6 Å². The molecule has 0 spiro atoms. The molecule has 4 aliphatic rings. The van der Waals surface area contributed by atoms with Crippen LogP contribution in [0.3, 0.4) is 0 Å². The molecule has 2 heterocycles. The van der Waals surface area contributed by atoms with Gasteiger partial charge in [0, 0.05) is 35.8 Å². The molecule has 2 aliphatic carbocycles. The fourth-order valence-electron chi connectivity index (χ4n) is 4.88. The number of esters is 1. The predicted octanol–water partition coefficient (Wildman–Crippen LogP) is 3.34. The van der Waals surface area contributed by atoms with Gasteiger partial charge in [-0.1, -0.05) is 31.2 Å². The normalized spacial score (nSPS) is 27.7. The molecule has 1 saturated heterocycles. The minimum absolute atomic E-state index is 0.163. The number of ether oxygens (including phenoxy) is 2. The van der Waals surface area contributed by atoms with Crippen LogP contribution in [0.4, 0.5) is 0 Å². The molecule has 2 bridgehead atoms. The third-order valence-corrected chi connectivity index (χ3v) is 6.34. The number of rotatable bonds is 2. The van der Waals surface area contributed by atoms with Crippen LogP contribution in [-0.2, 0) is 14.3 Å². The maximum Gasteiger partial charge on any atom is 0.317 e. The Balaban J connectivity index is 1.75. The minimum Gasteiger partial charge on any atom is -0.457 e. The van der Waals surface area contributed by atoms with Gasteiger partial charge in [0.1, 0.15) is 12.0 Å². The summed E-state index contributed by atoms with van der Waals surface area (Å²) in [5, 5.41) is 0. The number of ketones is 2. The van der Waals surface area contributed by atoms with Crippen LogP contribution in [0.25, 0.3) is 0 Å². The fourth-order valence-corrected chi connectivity index (χ4v) is 4.88. The summed E-state index contributed by atoms with van der Waals surface area (Å²) in [4.78, 5) is 38.6. The molecule has 136 valence electrons. The van der Waals surface area contributed by atoms with Crippen molar-refractivity contribution in [2.75, 3.05) is 7.11 Å². The molecule has 0 unspecified atom stereocenters. The van der Waals surface area contributed by atoms with Crippen molar-refractivity contribution in [3.8, 4) is 0 Å². The number of carbonyl (C=O) groups excluding carboxylic acids is 3. The van der Waals surface area contributed by atoms with Gasteiger partial charge in [-0.2, -0.15) is 0 Å². The zero-order valence-corrected chi connectivity index (χ0v) is 15.1. The molecule has 5 nitrogen and oxygen atoms in total. The van der Waals surface area contributed by atoms with Crippen LogP contribution in [0, 0.1) is 0 Å². The first kappa shape index (κ1) is 16.4. The molecular formula is C22H18O5. The first-order valence-corrected chi connectivity index (χ1v) is 9.12. The summed E-state index contributed by atoms with van der Waals surface area (Å²) < 4.78 is 11.4. The Hall–Kier alpha value is -2.79. The Morgan fingerprint density at radius 1 is 1.00 bits per heavy atom. The smallest absolute Gasteiger partial charge is 0.317 e. The molecule has 0 radical (unpaired) electrons. The average Bonchev–Trinajstić information content (AvgIpc) is 2.70. The van der Waals surface area contributed by atoms with Gasteiger partial charge in [0.05, 0.1) is 5.60 Å². The Morgan fingerprint density at radius 3 is 2.15 bits per heavy atom. The van der Waals surface area contributed by atoms with E-state index in [2.05, 4.69) is 0 Å². The van der Waals surface area contributed by atoms with Crippen molar-refractivity contribution in [1.82, 2.24) is 0 Å². The van der Waals surface area contributed by atoms with Crippen LogP contribution in [0.2, 0.25) is 0 Å². The maximum absolute atomic E-state index is 13.0. The highest BCUT2D eigenvalue weighted by Crippen LogP contribution is 2.54. The molecule has 5 heteroatoms. The summed E-state index contributed by atoms with van der Waals surface area (Å²) >= 11 is 0. The lowest BCUT2D eigenvalue weighted by molar-refractivity contribution is -0.186. The quantitative estimate of drug-likeness (QED) is 0.654.